The van der Waals surface area contributed by atoms with Crippen molar-refractivity contribution >= 4 is 39.1 Å². The van der Waals surface area contributed by atoms with E-state index < -0.39 is 0 Å². The Hall–Kier alpha value is -0.740. The minimum Gasteiger partial charge on any atom is -0.496 e. The highest BCUT2D eigenvalue weighted by Crippen LogP contribution is 2.29. The van der Waals surface area contributed by atoms with E-state index in [-0.39, 0.29) is 6.04 Å². The quantitative estimate of drug-likeness (QED) is 0.816. The summed E-state index contributed by atoms with van der Waals surface area (Å²) in [6.07, 6.45) is 0.653. The molecule has 106 valence electrons. The fraction of sp³-hybridized carbons (Fsp3) is 0.200. The van der Waals surface area contributed by atoms with Crippen LogP contribution in [0, 0.1) is 0 Å². The third-order valence-corrected chi connectivity index (χ3v) is 4.29. The summed E-state index contributed by atoms with van der Waals surface area (Å²) in [6.45, 7) is 0. The first-order valence-electron chi connectivity index (χ1n) is 6.04. The minimum absolute atomic E-state index is 0.173. The van der Waals surface area contributed by atoms with Gasteiger partial charge >= 0.3 is 0 Å². The Morgan fingerprint density at radius 3 is 2.55 bits per heavy atom. The lowest BCUT2D eigenvalue weighted by Gasteiger charge is -2.15. The number of methoxy groups -OCH3 is 1. The zero-order chi connectivity index (χ0) is 14.7. The summed E-state index contributed by atoms with van der Waals surface area (Å²) >= 11 is 15.4. The van der Waals surface area contributed by atoms with Crippen molar-refractivity contribution in [3.63, 3.8) is 0 Å². The van der Waals surface area contributed by atoms with Gasteiger partial charge in [-0.25, -0.2) is 0 Å². The molecule has 2 N–H and O–H groups in total. The Kier molecular flexibility index (Phi) is 5.33. The van der Waals surface area contributed by atoms with Gasteiger partial charge in [0.25, 0.3) is 0 Å². The Labute approximate surface area is 137 Å². The zero-order valence-electron chi connectivity index (χ0n) is 10.9. The van der Waals surface area contributed by atoms with Gasteiger partial charge in [-0.05, 0) is 47.9 Å². The third kappa shape index (κ3) is 3.67. The summed E-state index contributed by atoms with van der Waals surface area (Å²) in [6, 6.07) is 11.2. The summed E-state index contributed by atoms with van der Waals surface area (Å²) in [7, 11) is 1.65. The van der Waals surface area contributed by atoms with Crippen molar-refractivity contribution in [3.05, 3.63) is 62.0 Å². The number of nitrogens with two attached hydrogens (primary N) is 1. The van der Waals surface area contributed by atoms with Gasteiger partial charge in [-0.1, -0.05) is 45.2 Å². The van der Waals surface area contributed by atoms with Gasteiger partial charge in [-0.2, -0.15) is 0 Å². The fourth-order valence-corrected chi connectivity index (χ4v) is 2.72. The van der Waals surface area contributed by atoms with Crippen molar-refractivity contribution in [2.45, 2.75) is 12.5 Å². The molecule has 0 heterocycles. The molecule has 0 aliphatic rings. The third-order valence-electron chi connectivity index (χ3n) is 3.05. The van der Waals surface area contributed by atoms with Gasteiger partial charge < -0.3 is 10.5 Å². The molecule has 1 unspecified atom stereocenters. The second-order valence-electron chi connectivity index (χ2n) is 4.44. The molecule has 0 radical (unpaired) electrons. The second kappa shape index (κ2) is 6.81. The number of ether oxygens (including phenoxy) is 1. The van der Waals surface area contributed by atoms with E-state index in [1.807, 2.05) is 24.3 Å². The molecule has 2 aromatic rings. The fourth-order valence-electron chi connectivity index (χ4n) is 2.00. The monoisotopic (exact) mass is 373 g/mol. The van der Waals surface area contributed by atoms with Crippen molar-refractivity contribution in [3.8, 4) is 5.75 Å². The maximum atomic E-state index is 6.25. The smallest absolute Gasteiger partial charge is 0.122 e. The Bertz CT molecular complexity index is 619. The molecule has 0 saturated heterocycles. The first kappa shape index (κ1) is 15.6. The molecule has 0 bridgehead atoms. The Balaban J connectivity index is 2.24. The minimum atomic E-state index is -0.173. The predicted molar refractivity (Wildman–Crippen MR) is 87.8 cm³/mol. The van der Waals surface area contributed by atoms with E-state index in [0.717, 1.165) is 21.3 Å². The molecule has 0 spiro atoms. The van der Waals surface area contributed by atoms with Crippen molar-refractivity contribution in [1.29, 1.82) is 0 Å². The standard InChI is InChI=1S/C15H14BrCl2NO/c1-20-15-5-3-11(16)6-10(15)8-14(19)9-2-4-12(17)13(18)7-9/h2-7,14H,8,19H2,1H3. The van der Waals surface area contributed by atoms with Crippen LogP contribution in [0.2, 0.25) is 10.0 Å². The maximum Gasteiger partial charge on any atom is 0.122 e. The average molecular weight is 375 g/mol. The highest BCUT2D eigenvalue weighted by atomic mass is 79.9. The second-order valence-corrected chi connectivity index (χ2v) is 6.17. The normalized spacial score (nSPS) is 12.2. The lowest BCUT2D eigenvalue weighted by Crippen LogP contribution is -2.14. The van der Waals surface area contributed by atoms with Gasteiger partial charge in [0.2, 0.25) is 0 Å². The maximum absolute atomic E-state index is 6.25. The van der Waals surface area contributed by atoms with Crippen LogP contribution in [0.5, 0.6) is 5.75 Å². The molecule has 0 fully saturated rings. The van der Waals surface area contributed by atoms with E-state index in [1.54, 1.807) is 19.2 Å². The first-order valence-corrected chi connectivity index (χ1v) is 7.59. The molecule has 5 heteroatoms. The van der Waals surface area contributed by atoms with E-state index in [2.05, 4.69) is 15.9 Å². The summed E-state index contributed by atoms with van der Waals surface area (Å²) in [5.41, 5.74) is 8.23. The molecule has 2 aromatic carbocycles. The van der Waals surface area contributed by atoms with Crippen molar-refractivity contribution in [2.75, 3.05) is 7.11 Å². The number of hydrogen-bond donors (Lipinski definition) is 1. The molecule has 0 aromatic heterocycles. The van der Waals surface area contributed by atoms with Crippen LogP contribution < -0.4 is 10.5 Å². The number of benzene rings is 2. The van der Waals surface area contributed by atoms with E-state index in [4.69, 9.17) is 33.7 Å². The van der Waals surface area contributed by atoms with Crippen LogP contribution in [-0.4, -0.2) is 7.11 Å². The largest absolute Gasteiger partial charge is 0.496 e. The Morgan fingerprint density at radius 2 is 1.90 bits per heavy atom. The molecular formula is C15H14BrCl2NO. The molecule has 0 amide bonds. The molecule has 0 aliphatic carbocycles. The van der Waals surface area contributed by atoms with Gasteiger partial charge in [0.15, 0.2) is 0 Å². The lowest BCUT2D eigenvalue weighted by atomic mass is 9.99. The van der Waals surface area contributed by atoms with E-state index in [0.29, 0.717) is 16.5 Å². The van der Waals surface area contributed by atoms with Crippen LogP contribution >= 0.6 is 39.1 Å². The van der Waals surface area contributed by atoms with E-state index >= 15 is 0 Å². The van der Waals surface area contributed by atoms with Crippen LogP contribution in [0.1, 0.15) is 17.2 Å². The van der Waals surface area contributed by atoms with Crippen LogP contribution in [0.3, 0.4) is 0 Å². The van der Waals surface area contributed by atoms with Crippen molar-refractivity contribution in [1.82, 2.24) is 0 Å². The molecular weight excluding hydrogens is 361 g/mol. The van der Waals surface area contributed by atoms with Crippen molar-refractivity contribution < 1.29 is 4.74 Å². The van der Waals surface area contributed by atoms with Gasteiger partial charge in [0, 0.05) is 10.5 Å². The lowest BCUT2D eigenvalue weighted by molar-refractivity contribution is 0.408. The molecule has 2 nitrogen and oxygen atoms in total. The molecule has 0 aliphatic heterocycles. The molecule has 20 heavy (non-hydrogen) atoms. The van der Waals surface area contributed by atoms with Crippen LogP contribution in [0.15, 0.2) is 40.9 Å². The van der Waals surface area contributed by atoms with E-state index in [9.17, 15) is 0 Å². The SMILES string of the molecule is COc1ccc(Br)cc1CC(N)c1ccc(Cl)c(Cl)c1. The predicted octanol–water partition coefficient (Wildman–Crippen LogP) is 5.01. The molecule has 1 atom stereocenters. The summed E-state index contributed by atoms with van der Waals surface area (Å²) in [4.78, 5) is 0. The topological polar surface area (TPSA) is 35.2 Å². The zero-order valence-corrected chi connectivity index (χ0v) is 14.0. The van der Waals surface area contributed by atoms with Crippen molar-refractivity contribution in [2.24, 2.45) is 5.73 Å². The summed E-state index contributed by atoms with van der Waals surface area (Å²) < 4.78 is 6.35. The number of rotatable bonds is 4. The van der Waals surface area contributed by atoms with E-state index in [1.165, 1.54) is 0 Å². The van der Waals surface area contributed by atoms with Gasteiger partial charge in [0.05, 0.1) is 17.2 Å². The summed E-state index contributed by atoms with van der Waals surface area (Å²) in [5, 5.41) is 1.04. The first-order chi connectivity index (χ1) is 9.51. The van der Waals surface area contributed by atoms with Gasteiger partial charge in [0.1, 0.15) is 5.75 Å². The summed E-state index contributed by atoms with van der Waals surface area (Å²) in [5.74, 6) is 0.823. The van der Waals surface area contributed by atoms with Gasteiger partial charge in [-0.15, -0.1) is 0 Å². The van der Waals surface area contributed by atoms with Gasteiger partial charge in [-0.3, -0.25) is 0 Å². The van der Waals surface area contributed by atoms with Crippen LogP contribution in [0.25, 0.3) is 0 Å². The molecule has 0 saturated carbocycles. The molecule has 2 rings (SSSR count). The average Bonchev–Trinajstić information content (AvgIpc) is 2.42. The Morgan fingerprint density at radius 1 is 1.15 bits per heavy atom. The van der Waals surface area contributed by atoms with Crippen LogP contribution in [-0.2, 0) is 6.42 Å². The highest BCUT2D eigenvalue weighted by molar-refractivity contribution is 9.10. The number of halogens is 3. The van der Waals surface area contributed by atoms with Crippen LogP contribution in [0.4, 0.5) is 0 Å². The number of hydrogen-bond acceptors (Lipinski definition) is 2. The highest BCUT2D eigenvalue weighted by Gasteiger charge is 2.12.